The quantitative estimate of drug-likeness (QED) is 0.172. The first kappa shape index (κ1) is 30.1. The number of hydrogen-bond donors (Lipinski definition) is 1. The lowest BCUT2D eigenvalue weighted by atomic mass is 10.0. The summed E-state index contributed by atoms with van der Waals surface area (Å²) in [6.07, 6.45) is 16.1. The van der Waals surface area contributed by atoms with Gasteiger partial charge in [0, 0.05) is 0 Å². The normalized spacial score (nSPS) is 22.4. The highest BCUT2D eigenvalue weighted by molar-refractivity contribution is 6.74. The number of unbranched alkanes of at least 4 members (excludes halogenated alkanes) is 11. The maximum Gasteiger partial charge on any atom is 0.192 e. The van der Waals surface area contributed by atoms with Gasteiger partial charge in [0.05, 0.1) is 12.7 Å². The summed E-state index contributed by atoms with van der Waals surface area (Å²) in [5.74, 6) is -0.635. The van der Waals surface area contributed by atoms with Crippen LogP contribution in [0, 0.1) is 0 Å². The predicted octanol–water partition coefficient (Wildman–Crippen LogP) is 7.98. The molecule has 0 bridgehead atoms. The summed E-state index contributed by atoms with van der Waals surface area (Å²) < 4.78 is 18.5. The van der Waals surface area contributed by atoms with Crippen LogP contribution in [0.1, 0.15) is 125 Å². The molecule has 0 radical (unpaired) electrons. The highest BCUT2D eigenvalue weighted by Gasteiger charge is 2.45. The molecule has 1 fully saturated rings. The lowest BCUT2D eigenvalue weighted by Gasteiger charge is -2.37. The molecule has 3 atom stereocenters. The lowest BCUT2D eigenvalue weighted by Crippen LogP contribution is -2.46. The van der Waals surface area contributed by atoms with Gasteiger partial charge in [0.1, 0.15) is 12.2 Å². The first-order valence-corrected chi connectivity index (χ1v) is 16.5. The minimum atomic E-state index is -1.89. The monoisotopic (exact) mass is 472 g/mol. The Labute approximate surface area is 201 Å². The van der Waals surface area contributed by atoms with Crippen molar-refractivity contribution in [2.24, 2.45) is 0 Å². The van der Waals surface area contributed by atoms with E-state index in [1.165, 1.54) is 70.6 Å². The van der Waals surface area contributed by atoms with Gasteiger partial charge < -0.3 is 19.0 Å². The summed E-state index contributed by atoms with van der Waals surface area (Å²) in [5.41, 5.74) is 0. The first-order chi connectivity index (χ1) is 14.9. The number of ether oxygens (including phenoxy) is 2. The third-order valence-electron chi connectivity index (χ3n) is 7.36. The maximum atomic E-state index is 10.9. The van der Waals surface area contributed by atoms with Crippen LogP contribution in [-0.2, 0) is 13.9 Å². The molecule has 1 N–H and O–H groups in total. The van der Waals surface area contributed by atoms with Gasteiger partial charge in [-0.1, -0.05) is 105 Å². The van der Waals surface area contributed by atoms with Crippen LogP contribution < -0.4 is 0 Å². The topological polar surface area (TPSA) is 47.9 Å². The first-order valence-electron chi connectivity index (χ1n) is 13.6. The molecule has 0 unspecified atom stereocenters. The predicted molar refractivity (Wildman–Crippen MR) is 139 cm³/mol. The van der Waals surface area contributed by atoms with Crippen molar-refractivity contribution in [3.05, 3.63) is 0 Å². The van der Waals surface area contributed by atoms with Crippen LogP contribution in [-0.4, -0.2) is 44.1 Å². The van der Waals surface area contributed by atoms with Gasteiger partial charge in [-0.3, -0.25) is 0 Å². The van der Waals surface area contributed by atoms with Gasteiger partial charge in [0.2, 0.25) is 0 Å². The Balaban J connectivity index is 2.26. The second-order valence-corrected chi connectivity index (χ2v) is 16.8. The molecule has 32 heavy (non-hydrogen) atoms. The van der Waals surface area contributed by atoms with E-state index in [0.29, 0.717) is 6.61 Å². The largest absolute Gasteiger partial charge is 0.414 e. The van der Waals surface area contributed by atoms with Crippen LogP contribution in [0.5, 0.6) is 0 Å². The van der Waals surface area contributed by atoms with Gasteiger partial charge in [-0.05, 0) is 38.4 Å². The van der Waals surface area contributed by atoms with Crippen molar-refractivity contribution < 1.29 is 19.0 Å². The van der Waals surface area contributed by atoms with Crippen LogP contribution >= 0.6 is 0 Å². The zero-order chi connectivity index (χ0) is 24.3. The van der Waals surface area contributed by atoms with E-state index in [-0.39, 0.29) is 17.2 Å². The lowest BCUT2D eigenvalue weighted by molar-refractivity contribution is -0.157. The zero-order valence-corrected chi connectivity index (χ0v) is 23.8. The Bertz CT molecular complexity index is 487. The van der Waals surface area contributed by atoms with Crippen molar-refractivity contribution in [1.82, 2.24) is 0 Å². The summed E-state index contributed by atoms with van der Waals surface area (Å²) in [5, 5.41) is 11.0. The van der Waals surface area contributed by atoms with E-state index >= 15 is 0 Å². The number of aliphatic hydroxyl groups is 1. The minimum Gasteiger partial charge on any atom is -0.414 e. The number of rotatable bonds is 17. The molecule has 0 amide bonds. The summed E-state index contributed by atoms with van der Waals surface area (Å²) in [6.45, 7) is 17.6. The number of hydrogen-bond acceptors (Lipinski definition) is 4. The van der Waals surface area contributed by atoms with Crippen molar-refractivity contribution in [3.63, 3.8) is 0 Å². The molecule has 1 aliphatic rings. The standard InChI is InChI=1S/C27H56O4Si/c1-9-10-11-12-13-14-15-16-17-18-19-20-21-24-25(31-27(5,6)30-24)23(28)22-29-32(7,8)26(2,3)4/h23-25,28H,9-22H2,1-8H3/t23-,24+,25-/m0/s1. The SMILES string of the molecule is CCCCCCCCCCCCCC[C@H]1OC(C)(C)O[C@H]1[C@@H](O)CO[Si](C)(C)C(C)(C)C. The van der Waals surface area contributed by atoms with Gasteiger partial charge in [-0.15, -0.1) is 0 Å². The fraction of sp³-hybridized carbons (Fsp3) is 1.00. The van der Waals surface area contributed by atoms with Crippen LogP contribution in [0.2, 0.25) is 18.1 Å². The molecule has 0 aromatic rings. The van der Waals surface area contributed by atoms with Crippen molar-refractivity contribution in [2.75, 3.05) is 6.61 Å². The third-order valence-corrected chi connectivity index (χ3v) is 11.9. The third kappa shape index (κ3) is 11.5. The van der Waals surface area contributed by atoms with Crippen LogP contribution in [0.25, 0.3) is 0 Å². The van der Waals surface area contributed by atoms with Crippen LogP contribution in [0.15, 0.2) is 0 Å². The Hall–Kier alpha value is 0.0569. The molecule has 1 rings (SSSR count). The Morgan fingerprint density at radius 3 is 1.78 bits per heavy atom. The Kier molecular flexibility index (Phi) is 13.6. The van der Waals surface area contributed by atoms with E-state index in [0.717, 1.165) is 12.8 Å². The van der Waals surface area contributed by atoms with Crippen LogP contribution in [0.4, 0.5) is 0 Å². The van der Waals surface area contributed by atoms with E-state index in [1.54, 1.807) is 0 Å². The van der Waals surface area contributed by atoms with Crippen molar-refractivity contribution in [2.45, 2.75) is 167 Å². The molecular formula is C27H56O4Si. The van der Waals surface area contributed by atoms with E-state index in [4.69, 9.17) is 13.9 Å². The maximum absolute atomic E-state index is 10.9. The molecule has 5 heteroatoms. The second-order valence-electron chi connectivity index (χ2n) is 12.0. The van der Waals surface area contributed by atoms with E-state index in [1.807, 2.05) is 13.8 Å². The molecule has 0 aromatic heterocycles. The van der Waals surface area contributed by atoms with Crippen LogP contribution in [0.3, 0.4) is 0 Å². The minimum absolute atomic E-state index is 0.0499. The molecule has 192 valence electrons. The molecule has 0 saturated carbocycles. The molecule has 0 aliphatic carbocycles. The summed E-state index contributed by atoms with van der Waals surface area (Å²) in [7, 11) is -1.89. The smallest absolute Gasteiger partial charge is 0.192 e. The molecular weight excluding hydrogens is 416 g/mol. The van der Waals surface area contributed by atoms with E-state index in [9.17, 15) is 5.11 Å². The van der Waals surface area contributed by atoms with Crippen molar-refractivity contribution >= 4 is 8.32 Å². The van der Waals surface area contributed by atoms with Gasteiger partial charge in [0.25, 0.3) is 0 Å². The van der Waals surface area contributed by atoms with E-state index < -0.39 is 20.2 Å². The summed E-state index contributed by atoms with van der Waals surface area (Å²) in [4.78, 5) is 0. The second kappa shape index (κ2) is 14.5. The molecule has 1 saturated heterocycles. The molecule has 0 spiro atoms. The summed E-state index contributed by atoms with van der Waals surface area (Å²) in [6, 6.07) is 0. The van der Waals surface area contributed by atoms with Gasteiger partial charge in [-0.25, -0.2) is 0 Å². The van der Waals surface area contributed by atoms with Crippen molar-refractivity contribution in [1.29, 1.82) is 0 Å². The average molecular weight is 473 g/mol. The van der Waals surface area contributed by atoms with Gasteiger partial charge in [0.15, 0.2) is 14.1 Å². The molecule has 0 aromatic carbocycles. The van der Waals surface area contributed by atoms with Gasteiger partial charge >= 0.3 is 0 Å². The molecule has 1 aliphatic heterocycles. The molecule has 1 heterocycles. The Morgan fingerprint density at radius 1 is 0.844 bits per heavy atom. The number of aliphatic hydroxyl groups excluding tert-OH is 1. The fourth-order valence-corrected chi connectivity index (χ4v) is 5.22. The molecule has 4 nitrogen and oxygen atoms in total. The Morgan fingerprint density at radius 2 is 1.31 bits per heavy atom. The highest BCUT2D eigenvalue weighted by atomic mass is 28.4. The average Bonchev–Trinajstić information content (AvgIpc) is 3.00. The van der Waals surface area contributed by atoms with Gasteiger partial charge in [-0.2, -0.15) is 0 Å². The van der Waals surface area contributed by atoms with Crippen molar-refractivity contribution in [3.8, 4) is 0 Å². The zero-order valence-electron chi connectivity index (χ0n) is 22.8. The van der Waals surface area contributed by atoms with E-state index in [2.05, 4.69) is 40.8 Å². The highest BCUT2D eigenvalue weighted by Crippen LogP contribution is 2.38. The summed E-state index contributed by atoms with van der Waals surface area (Å²) >= 11 is 0. The fourth-order valence-electron chi connectivity index (χ4n) is 4.20.